The van der Waals surface area contributed by atoms with Gasteiger partial charge in [-0.3, -0.25) is 4.57 Å². The molecule has 9 nitrogen and oxygen atoms in total. The van der Waals surface area contributed by atoms with Crippen molar-refractivity contribution in [3.8, 4) is 18.4 Å². The number of nitrogens with two attached hydrogens (primary N) is 1. The number of aromatic nitrogens is 4. The first-order valence-corrected chi connectivity index (χ1v) is 6.26. The van der Waals surface area contributed by atoms with E-state index in [1.54, 1.807) is 13.0 Å². The number of aliphatic hydroxyl groups excluding tert-OH is 2. The normalized spacial score (nSPS) is 16.4. The van der Waals surface area contributed by atoms with Crippen LogP contribution >= 0.6 is 0 Å². The van der Waals surface area contributed by atoms with Gasteiger partial charge in [0.05, 0.1) is 19.0 Å². The molecule has 0 aromatic carbocycles. The van der Waals surface area contributed by atoms with Crippen LogP contribution in [0.2, 0.25) is 0 Å². The number of hydrogen-bond acceptors (Lipinski definition) is 8. The number of nitrogen functional groups attached to an aromatic ring is 1. The van der Waals surface area contributed by atoms with Crippen molar-refractivity contribution in [2.45, 2.75) is 24.9 Å². The molecule has 2 aromatic rings. The first-order chi connectivity index (χ1) is 10.5. The fourth-order valence-corrected chi connectivity index (χ4v) is 1.95. The van der Waals surface area contributed by atoms with Gasteiger partial charge in [-0.1, -0.05) is 5.92 Å². The van der Waals surface area contributed by atoms with Gasteiger partial charge in [-0.05, 0) is 6.92 Å². The summed E-state index contributed by atoms with van der Waals surface area (Å²) in [4.78, 5) is 12.0. The Morgan fingerprint density at radius 2 is 2.27 bits per heavy atom. The third-order valence-electron chi connectivity index (χ3n) is 3.20. The third-order valence-corrected chi connectivity index (χ3v) is 3.20. The van der Waals surface area contributed by atoms with Crippen molar-refractivity contribution in [3.05, 3.63) is 12.7 Å². The number of nitrogens with zero attached hydrogens (tertiary/aromatic N) is 5. The summed E-state index contributed by atoms with van der Waals surface area (Å²) in [6.07, 6.45) is 5.53. The first-order valence-electron chi connectivity index (χ1n) is 6.26. The Kier molecular flexibility index (Phi) is 4.24. The molecular formula is C13H14N6O3. The van der Waals surface area contributed by atoms with Crippen molar-refractivity contribution in [2.75, 3.05) is 12.3 Å². The van der Waals surface area contributed by atoms with Crippen LogP contribution in [0.3, 0.4) is 0 Å². The highest BCUT2D eigenvalue weighted by Crippen LogP contribution is 2.25. The zero-order valence-corrected chi connectivity index (χ0v) is 11.7. The molecule has 3 atom stereocenters. The van der Waals surface area contributed by atoms with Crippen LogP contribution in [0.4, 0.5) is 5.82 Å². The van der Waals surface area contributed by atoms with Crippen LogP contribution in [-0.2, 0) is 4.74 Å². The Morgan fingerprint density at radius 1 is 1.55 bits per heavy atom. The fraction of sp³-hybridized carbons (Fsp3) is 0.385. The highest BCUT2D eigenvalue weighted by atomic mass is 16.5. The molecular weight excluding hydrogens is 288 g/mol. The number of aliphatic hydroxyl groups is 2. The molecule has 2 rings (SSSR count). The summed E-state index contributed by atoms with van der Waals surface area (Å²) in [5.41, 5.74) is 4.62. The van der Waals surface area contributed by atoms with Crippen LogP contribution in [0.25, 0.3) is 11.2 Å². The monoisotopic (exact) mass is 302 g/mol. The summed E-state index contributed by atoms with van der Waals surface area (Å²) in [7, 11) is 0. The van der Waals surface area contributed by atoms with Gasteiger partial charge in [-0.25, -0.2) is 15.0 Å². The van der Waals surface area contributed by atoms with Gasteiger partial charge in [-0.15, -0.1) is 6.42 Å². The Balaban J connectivity index is 2.39. The summed E-state index contributed by atoms with van der Waals surface area (Å²) >= 11 is 0. The van der Waals surface area contributed by atoms with E-state index in [9.17, 15) is 10.2 Å². The maximum Gasteiger partial charge on any atom is 0.192 e. The van der Waals surface area contributed by atoms with Crippen LogP contribution in [0, 0.1) is 23.7 Å². The van der Waals surface area contributed by atoms with Crippen LogP contribution in [0.15, 0.2) is 12.7 Å². The molecule has 0 saturated carbocycles. The minimum atomic E-state index is -1.86. The smallest absolute Gasteiger partial charge is 0.192 e. The Bertz CT molecular complexity index is 761. The second-order valence-electron chi connectivity index (χ2n) is 4.52. The van der Waals surface area contributed by atoms with Gasteiger partial charge in [0.15, 0.2) is 23.2 Å². The van der Waals surface area contributed by atoms with E-state index in [-0.39, 0.29) is 5.82 Å². The van der Waals surface area contributed by atoms with Gasteiger partial charge in [0.1, 0.15) is 18.1 Å². The minimum absolute atomic E-state index is 0.207. The lowest BCUT2D eigenvalue weighted by Crippen LogP contribution is -2.47. The third kappa shape index (κ3) is 2.44. The standard InChI is InChI=1S/C13H14N6O3/c1-3-13(5-20,9(21)4-14)22-8(2)19-7-18-10-11(15)16-6-17-12(10)19/h1,6-9,20-21H,5H2,2H3,(H2,15,16,17)/t8-,9+,13-/m1/s1. The highest BCUT2D eigenvalue weighted by Gasteiger charge is 2.39. The zero-order valence-electron chi connectivity index (χ0n) is 11.7. The molecule has 0 fully saturated rings. The quantitative estimate of drug-likeness (QED) is 0.480. The number of imidazole rings is 1. The van der Waals surface area contributed by atoms with Gasteiger partial charge in [0.25, 0.3) is 0 Å². The largest absolute Gasteiger partial charge is 0.392 e. The summed E-state index contributed by atoms with van der Waals surface area (Å²) < 4.78 is 7.04. The van der Waals surface area contributed by atoms with E-state index in [2.05, 4.69) is 20.9 Å². The first kappa shape index (κ1) is 15.7. The van der Waals surface area contributed by atoms with E-state index in [0.717, 1.165) is 0 Å². The van der Waals surface area contributed by atoms with Crippen LogP contribution in [-0.4, -0.2) is 48.0 Å². The molecule has 4 N–H and O–H groups in total. The molecule has 0 aliphatic carbocycles. The summed E-state index contributed by atoms with van der Waals surface area (Å²) in [5.74, 6) is 2.34. The lowest BCUT2D eigenvalue weighted by molar-refractivity contribution is -0.144. The van der Waals surface area contributed by atoms with Crippen LogP contribution < -0.4 is 5.73 Å². The Labute approximate surface area is 126 Å². The van der Waals surface area contributed by atoms with Gasteiger partial charge >= 0.3 is 0 Å². The van der Waals surface area contributed by atoms with Gasteiger partial charge in [0, 0.05) is 0 Å². The molecule has 2 aromatic heterocycles. The molecule has 9 heteroatoms. The van der Waals surface area contributed by atoms with E-state index < -0.39 is 24.5 Å². The molecule has 0 aliphatic rings. The predicted octanol–water partition coefficient (Wildman–Crippen LogP) is -0.808. The van der Waals surface area contributed by atoms with Crippen LogP contribution in [0.5, 0.6) is 0 Å². The number of anilines is 1. The second-order valence-corrected chi connectivity index (χ2v) is 4.52. The number of fused-ring (bicyclic) bond motifs is 1. The lowest BCUT2D eigenvalue weighted by Gasteiger charge is -2.31. The van der Waals surface area contributed by atoms with Crippen molar-refractivity contribution in [2.24, 2.45) is 0 Å². The fourth-order valence-electron chi connectivity index (χ4n) is 1.95. The molecule has 114 valence electrons. The number of terminal acetylenes is 1. The average molecular weight is 302 g/mol. The van der Waals surface area contributed by atoms with Crippen molar-refractivity contribution in [1.29, 1.82) is 5.26 Å². The second kappa shape index (κ2) is 5.95. The van der Waals surface area contributed by atoms with Crippen molar-refractivity contribution < 1.29 is 14.9 Å². The van der Waals surface area contributed by atoms with Crippen molar-refractivity contribution in [1.82, 2.24) is 19.5 Å². The zero-order chi connectivity index (χ0) is 16.3. The number of hydrogen-bond donors (Lipinski definition) is 3. The van der Waals surface area contributed by atoms with Gasteiger partial charge < -0.3 is 20.7 Å². The van der Waals surface area contributed by atoms with E-state index >= 15 is 0 Å². The molecule has 0 spiro atoms. The van der Waals surface area contributed by atoms with E-state index in [1.807, 2.05) is 0 Å². The van der Waals surface area contributed by atoms with Gasteiger partial charge in [-0.2, -0.15) is 5.26 Å². The number of ether oxygens (including phenoxy) is 1. The molecule has 0 aliphatic heterocycles. The summed E-state index contributed by atoms with van der Waals surface area (Å²) in [6.45, 7) is 0.873. The molecule has 0 bridgehead atoms. The minimum Gasteiger partial charge on any atom is -0.392 e. The molecule has 0 amide bonds. The van der Waals surface area contributed by atoms with E-state index in [1.165, 1.54) is 17.2 Å². The summed E-state index contributed by atoms with van der Waals surface area (Å²) in [5, 5.41) is 28.0. The maximum atomic E-state index is 9.71. The van der Waals surface area contributed by atoms with E-state index in [0.29, 0.717) is 11.2 Å². The lowest BCUT2D eigenvalue weighted by atomic mass is 9.99. The van der Waals surface area contributed by atoms with Crippen molar-refractivity contribution >= 4 is 17.0 Å². The molecule has 0 saturated heterocycles. The van der Waals surface area contributed by atoms with Gasteiger partial charge in [0.2, 0.25) is 0 Å². The number of nitriles is 1. The molecule has 22 heavy (non-hydrogen) atoms. The maximum absolute atomic E-state index is 9.71. The average Bonchev–Trinajstić information content (AvgIpc) is 2.97. The Morgan fingerprint density at radius 3 is 2.86 bits per heavy atom. The SMILES string of the molecule is C#C[C@](CO)(O[C@H](C)n1cnc2c(N)ncnc21)[C@@H](O)C#N. The molecule has 0 unspecified atom stereocenters. The van der Waals surface area contributed by atoms with E-state index in [4.69, 9.17) is 22.2 Å². The van der Waals surface area contributed by atoms with Crippen LogP contribution in [0.1, 0.15) is 13.2 Å². The van der Waals surface area contributed by atoms with Crippen molar-refractivity contribution in [3.63, 3.8) is 0 Å². The molecule has 0 radical (unpaired) electrons. The number of rotatable bonds is 5. The molecule has 2 heterocycles. The highest BCUT2D eigenvalue weighted by molar-refractivity contribution is 5.81. The predicted molar refractivity (Wildman–Crippen MR) is 75.8 cm³/mol. The summed E-state index contributed by atoms with van der Waals surface area (Å²) in [6, 6.07) is 1.56. The topological polar surface area (TPSA) is 143 Å². The Hall–Kier alpha value is -2.72.